The van der Waals surface area contributed by atoms with Gasteiger partial charge < -0.3 is 0 Å². The van der Waals surface area contributed by atoms with Crippen molar-refractivity contribution in [1.29, 1.82) is 0 Å². The quantitative estimate of drug-likeness (QED) is 0.157. The first-order valence-corrected chi connectivity index (χ1v) is 21.9. The summed E-state index contributed by atoms with van der Waals surface area (Å²) >= 11 is 5.77. The summed E-state index contributed by atoms with van der Waals surface area (Å²) in [5, 5.41) is 15.8. The average Bonchev–Trinajstić information content (AvgIpc) is 3.96. The van der Waals surface area contributed by atoms with Crippen molar-refractivity contribution in [2.45, 2.75) is 0 Å². The molecular formula is C54H30S3. The molecule has 13 aromatic rings. The molecular weight excluding hydrogens is 745 g/mol. The van der Waals surface area contributed by atoms with Crippen molar-refractivity contribution in [2.24, 2.45) is 0 Å². The molecule has 264 valence electrons. The van der Waals surface area contributed by atoms with Crippen LogP contribution in [0.3, 0.4) is 0 Å². The van der Waals surface area contributed by atoms with Gasteiger partial charge in [-0.05, 0) is 78.8 Å². The van der Waals surface area contributed by atoms with Gasteiger partial charge in [-0.1, -0.05) is 158 Å². The van der Waals surface area contributed by atoms with E-state index >= 15 is 0 Å². The van der Waals surface area contributed by atoms with E-state index in [0.717, 1.165) is 0 Å². The Kier molecular flexibility index (Phi) is 6.73. The Morgan fingerprint density at radius 1 is 0.263 bits per heavy atom. The van der Waals surface area contributed by atoms with Crippen molar-refractivity contribution in [3.05, 3.63) is 182 Å². The molecule has 0 bridgehead atoms. The molecule has 0 spiro atoms. The Hall–Kier alpha value is -6.36. The van der Waals surface area contributed by atoms with Gasteiger partial charge in [-0.2, -0.15) is 0 Å². The lowest BCUT2D eigenvalue weighted by molar-refractivity contribution is 1.66. The maximum atomic E-state index is 2.43. The van der Waals surface area contributed by atoms with Crippen LogP contribution in [-0.4, -0.2) is 0 Å². The summed E-state index contributed by atoms with van der Waals surface area (Å²) in [7, 11) is 0. The van der Waals surface area contributed by atoms with Crippen LogP contribution in [0, 0.1) is 0 Å². The third-order valence-corrected chi connectivity index (χ3v) is 15.7. The lowest BCUT2D eigenvalue weighted by Gasteiger charge is -2.18. The molecule has 0 radical (unpaired) electrons. The van der Waals surface area contributed by atoms with E-state index < -0.39 is 0 Å². The summed E-state index contributed by atoms with van der Waals surface area (Å²) in [6, 6.07) is 68.1. The third-order valence-electron chi connectivity index (χ3n) is 12.1. The molecule has 3 heterocycles. The number of hydrogen-bond acceptors (Lipinski definition) is 3. The number of hydrogen-bond donors (Lipinski definition) is 0. The van der Waals surface area contributed by atoms with E-state index in [4.69, 9.17) is 0 Å². The van der Waals surface area contributed by atoms with E-state index in [9.17, 15) is 0 Å². The number of fused-ring (bicyclic) bond motifs is 13. The van der Waals surface area contributed by atoms with Crippen LogP contribution < -0.4 is 0 Å². The van der Waals surface area contributed by atoms with Crippen LogP contribution in [-0.2, 0) is 0 Å². The summed E-state index contributed by atoms with van der Waals surface area (Å²) in [5.41, 5.74) is 7.72. The summed E-state index contributed by atoms with van der Waals surface area (Å²) < 4.78 is 8.13. The predicted molar refractivity (Wildman–Crippen MR) is 254 cm³/mol. The molecule has 0 N–H and O–H groups in total. The van der Waals surface area contributed by atoms with E-state index in [1.165, 1.54) is 126 Å². The molecule has 13 rings (SSSR count). The molecule has 0 nitrogen and oxygen atoms in total. The Morgan fingerprint density at radius 2 is 0.754 bits per heavy atom. The fraction of sp³-hybridized carbons (Fsp3) is 0. The van der Waals surface area contributed by atoms with Crippen molar-refractivity contribution in [2.75, 3.05) is 0 Å². The molecule has 0 aliphatic carbocycles. The summed E-state index contributed by atoms with van der Waals surface area (Å²) in [5.74, 6) is 0. The van der Waals surface area contributed by atoms with Crippen molar-refractivity contribution < 1.29 is 0 Å². The maximum absolute atomic E-state index is 2.43. The van der Waals surface area contributed by atoms with Crippen LogP contribution in [0.2, 0.25) is 0 Å². The van der Waals surface area contributed by atoms with E-state index in [0.29, 0.717) is 0 Å². The van der Waals surface area contributed by atoms with Crippen LogP contribution in [0.15, 0.2) is 182 Å². The molecule has 0 aliphatic rings. The van der Waals surface area contributed by atoms with Gasteiger partial charge in [0.25, 0.3) is 0 Å². The summed E-state index contributed by atoms with van der Waals surface area (Å²) in [4.78, 5) is 0. The van der Waals surface area contributed by atoms with Crippen molar-refractivity contribution in [3.63, 3.8) is 0 Å². The SMILES string of the molecule is c1ccc2c(-c3ccc(-c4c5ccccc5c(-c5cccc6c5sc5ccccc56)c5ccccc45)cc3)c3sc4ccc5c6ccccc6sc5c4c3cc2c1. The summed E-state index contributed by atoms with van der Waals surface area (Å²) in [6.07, 6.45) is 0. The lowest BCUT2D eigenvalue weighted by Crippen LogP contribution is -1.91. The molecule has 0 saturated carbocycles. The Labute approximate surface area is 340 Å². The van der Waals surface area contributed by atoms with Gasteiger partial charge in [0.2, 0.25) is 0 Å². The monoisotopic (exact) mass is 774 g/mol. The fourth-order valence-electron chi connectivity index (χ4n) is 9.60. The number of benzene rings is 10. The first kappa shape index (κ1) is 31.8. The molecule has 10 aromatic carbocycles. The molecule has 0 unspecified atom stereocenters. The largest absolute Gasteiger partial charge is 0.135 e. The molecule has 0 fully saturated rings. The van der Waals surface area contributed by atoms with Crippen LogP contribution >= 0.6 is 34.0 Å². The van der Waals surface area contributed by atoms with Gasteiger partial charge in [0.1, 0.15) is 0 Å². The Morgan fingerprint density at radius 3 is 1.42 bits per heavy atom. The minimum atomic E-state index is 1.23. The van der Waals surface area contributed by atoms with Gasteiger partial charge in [0.15, 0.2) is 0 Å². The molecule has 0 amide bonds. The zero-order chi connectivity index (χ0) is 37.2. The van der Waals surface area contributed by atoms with E-state index in [1.807, 2.05) is 34.0 Å². The van der Waals surface area contributed by atoms with Gasteiger partial charge in [0, 0.05) is 71.6 Å². The minimum Gasteiger partial charge on any atom is -0.135 e. The normalized spacial score (nSPS) is 12.2. The van der Waals surface area contributed by atoms with Crippen molar-refractivity contribution in [3.8, 4) is 33.4 Å². The second-order valence-corrected chi connectivity index (χ2v) is 18.2. The summed E-state index contributed by atoms with van der Waals surface area (Å²) in [6.45, 7) is 0. The van der Waals surface area contributed by atoms with Crippen LogP contribution in [0.25, 0.3) is 126 Å². The fourth-order valence-corrected chi connectivity index (χ4v) is 13.4. The molecule has 0 aliphatic heterocycles. The highest BCUT2D eigenvalue weighted by atomic mass is 32.1. The molecule has 0 atom stereocenters. The van der Waals surface area contributed by atoms with Gasteiger partial charge in [-0.3, -0.25) is 0 Å². The van der Waals surface area contributed by atoms with Crippen LogP contribution in [0.4, 0.5) is 0 Å². The zero-order valence-electron chi connectivity index (χ0n) is 30.5. The van der Waals surface area contributed by atoms with Gasteiger partial charge in [-0.15, -0.1) is 34.0 Å². The van der Waals surface area contributed by atoms with E-state index in [1.54, 1.807) is 0 Å². The average molecular weight is 775 g/mol. The van der Waals surface area contributed by atoms with Crippen molar-refractivity contribution in [1.82, 2.24) is 0 Å². The number of thiophene rings is 3. The Balaban J connectivity index is 1.04. The lowest BCUT2D eigenvalue weighted by atomic mass is 9.85. The molecule has 0 saturated heterocycles. The first-order valence-electron chi connectivity index (χ1n) is 19.4. The first-order chi connectivity index (χ1) is 28.3. The minimum absolute atomic E-state index is 1.23. The molecule has 57 heavy (non-hydrogen) atoms. The van der Waals surface area contributed by atoms with Crippen LogP contribution in [0.1, 0.15) is 0 Å². The molecule has 3 aromatic heterocycles. The maximum Gasteiger partial charge on any atom is 0.0448 e. The van der Waals surface area contributed by atoms with Crippen LogP contribution in [0.5, 0.6) is 0 Å². The third kappa shape index (κ3) is 4.53. The Bertz CT molecular complexity index is 3740. The van der Waals surface area contributed by atoms with E-state index in [2.05, 4.69) is 182 Å². The highest BCUT2D eigenvalue weighted by molar-refractivity contribution is 7.30. The van der Waals surface area contributed by atoms with Gasteiger partial charge in [-0.25, -0.2) is 0 Å². The number of rotatable bonds is 3. The smallest absolute Gasteiger partial charge is 0.0448 e. The second-order valence-electron chi connectivity index (χ2n) is 15.1. The zero-order valence-corrected chi connectivity index (χ0v) is 33.0. The topological polar surface area (TPSA) is 0 Å². The highest BCUT2D eigenvalue weighted by Crippen LogP contribution is 2.51. The second kappa shape index (κ2) is 12.1. The standard InChI is InChI=1S/C54H30S3/c1-2-13-34-33(12-1)30-44-51-47(29-28-42-36-15-8-10-23-46(36)56-53(42)51)57-54(44)49(34)32-26-24-31(25-27-32)48-37-16-3-5-18-39(37)50(40-19-6-4-17-38(40)48)43-21-11-20-41-35-14-7-9-22-45(35)55-52(41)43/h1-30H. The predicted octanol–water partition coefficient (Wildman–Crippen LogP) is 17.3. The molecule has 3 heteroatoms. The van der Waals surface area contributed by atoms with Gasteiger partial charge in [0.05, 0.1) is 0 Å². The van der Waals surface area contributed by atoms with Crippen molar-refractivity contribution >= 4 is 127 Å². The van der Waals surface area contributed by atoms with E-state index in [-0.39, 0.29) is 0 Å². The van der Waals surface area contributed by atoms with Gasteiger partial charge >= 0.3 is 0 Å². The highest BCUT2D eigenvalue weighted by Gasteiger charge is 2.21.